The molecule has 0 spiro atoms. The molecule has 1 aliphatic carbocycles. The van der Waals surface area contributed by atoms with Crippen molar-refractivity contribution in [3.63, 3.8) is 0 Å². The molecular weight excluding hydrogens is 238 g/mol. The second-order valence-electron chi connectivity index (χ2n) is 4.41. The van der Waals surface area contributed by atoms with E-state index in [4.69, 9.17) is 5.11 Å². The summed E-state index contributed by atoms with van der Waals surface area (Å²) >= 11 is 0. The molecule has 0 aliphatic heterocycles. The summed E-state index contributed by atoms with van der Waals surface area (Å²) in [5.74, 6) is -1.64. The molecule has 7 nitrogen and oxygen atoms in total. The lowest BCUT2D eigenvalue weighted by atomic mass is 10.3. The lowest BCUT2D eigenvalue weighted by Gasteiger charge is -2.15. The highest BCUT2D eigenvalue weighted by Gasteiger charge is 2.25. The largest absolute Gasteiger partial charge is 0.481 e. The van der Waals surface area contributed by atoms with Gasteiger partial charge in [-0.05, 0) is 19.9 Å². The normalized spacial score (nSPS) is 14.3. The number of imide groups is 1. The van der Waals surface area contributed by atoms with Gasteiger partial charge in [-0.3, -0.25) is 14.9 Å². The van der Waals surface area contributed by atoms with E-state index >= 15 is 0 Å². The fourth-order valence-electron chi connectivity index (χ4n) is 1.50. The Morgan fingerprint density at radius 3 is 2.50 bits per heavy atom. The van der Waals surface area contributed by atoms with Gasteiger partial charge in [0.05, 0.1) is 6.42 Å². The minimum absolute atomic E-state index is 0.190. The van der Waals surface area contributed by atoms with Crippen LogP contribution in [-0.4, -0.2) is 54.1 Å². The van der Waals surface area contributed by atoms with Crippen LogP contribution < -0.4 is 10.6 Å². The van der Waals surface area contributed by atoms with E-state index in [2.05, 4.69) is 15.5 Å². The Hall–Kier alpha value is -1.63. The monoisotopic (exact) mass is 257 g/mol. The zero-order valence-electron chi connectivity index (χ0n) is 10.4. The van der Waals surface area contributed by atoms with Crippen LogP contribution in [0.2, 0.25) is 0 Å². The quantitative estimate of drug-likeness (QED) is 0.585. The smallest absolute Gasteiger partial charge is 0.321 e. The third kappa shape index (κ3) is 6.19. The average Bonchev–Trinajstić information content (AvgIpc) is 3.09. The standard InChI is InChI=1S/C11H19N3O4/c1-14(8-2-3-8)7-6-12-11(18)13-9(15)4-5-10(16)17/h8H,2-7H2,1H3,(H,16,17)(H2,12,13,15,18). The SMILES string of the molecule is CN(CCNC(=O)NC(=O)CCC(=O)O)C1CC1. The molecule has 7 heteroatoms. The molecule has 0 atom stereocenters. The van der Waals surface area contributed by atoms with Crippen LogP contribution in [0.15, 0.2) is 0 Å². The van der Waals surface area contributed by atoms with Crippen LogP contribution in [-0.2, 0) is 9.59 Å². The molecule has 0 saturated heterocycles. The first-order valence-corrected chi connectivity index (χ1v) is 5.98. The van der Waals surface area contributed by atoms with Gasteiger partial charge < -0.3 is 15.3 Å². The number of likely N-dealkylation sites (N-methyl/N-ethyl adjacent to an activating group) is 1. The van der Waals surface area contributed by atoms with E-state index in [1.807, 2.05) is 7.05 Å². The maximum Gasteiger partial charge on any atom is 0.321 e. The van der Waals surface area contributed by atoms with Gasteiger partial charge in [-0.15, -0.1) is 0 Å². The van der Waals surface area contributed by atoms with Crippen molar-refractivity contribution < 1.29 is 19.5 Å². The van der Waals surface area contributed by atoms with Crippen LogP contribution >= 0.6 is 0 Å². The molecule has 0 aromatic rings. The average molecular weight is 257 g/mol. The number of hydrogen-bond donors (Lipinski definition) is 3. The molecule has 0 aromatic carbocycles. The molecule has 0 heterocycles. The van der Waals surface area contributed by atoms with Gasteiger partial charge in [0.25, 0.3) is 0 Å². The topological polar surface area (TPSA) is 98.7 Å². The lowest BCUT2D eigenvalue weighted by molar-refractivity contribution is -0.138. The van der Waals surface area contributed by atoms with Crippen LogP contribution in [0.1, 0.15) is 25.7 Å². The van der Waals surface area contributed by atoms with Gasteiger partial charge in [0.1, 0.15) is 0 Å². The maximum absolute atomic E-state index is 11.3. The van der Waals surface area contributed by atoms with Gasteiger partial charge in [-0.1, -0.05) is 0 Å². The van der Waals surface area contributed by atoms with E-state index in [0.29, 0.717) is 12.6 Å². The third-order valence-corrected chi connectivity index (χ3v) is 2.74. The van der Waals surface area contributed by atoms with Gasteiger partial charge >= 0.3 is 12.0 Å². The molecule has 0 unspecified atom stereocenters. The molecule has 0 aromatic heterocycles. The molecular formula is C11H19N3O4. The Bertz CT molecular complexity index is 328. The van der Waals surface area contributed by atoms with Crippen molar-refractivity contribution in [2.24, 2.45) is 0 Å². The number of carboxylic acid groups (broad SMARTS) is 1. The van der Waals surface area contributed by atoms with E-state index in [1.54, 1.807) is 0 Å². The highest BCUT2D eigenvalue weighted by atomic mass is 16.4. The number of carboxylic acids is 1. The summed E-state index contributed by atoms with van der Waals surface area (Å²) in [4.78, 5) is 34.8. The number of hydrogen-bond acceptors (Lipinski definition) is 4. The van der Waals surface area contributed by atoms with Gasteiger partial charge in [0, 0.05) is 25.6 Å². The van der Waals surface area contributed by atoms with E-state index in [-0.39, 0.29) is 12.8 Å². The molecule has 1 rings (SSSR count). The number of amides is 3. The molecule has 1 fully saturated rings. The van der Waals surface area contributed by atoms with Crippen LogP contribution in [0.3, 0.4) is 0 Å². The van der Waals surface area contributed by atoms with Crippen molar-refractivity contribution in [2.45, 2.75) is 31.7 Å². The first-order valence-electron chi connectivity index (χ1n) is 5.98. The van der Waals surface area contributed by atoms with E-state index in [9.17, 15) is 14.4 Å². The predicted molar refractivity (Wildman–Crippen MR) is 64.1 cm³/mol. The van der Waals surface area contributed by atoms with Crippen LogP contribution in [0, 0.1) is 0 Å². The number of carbonyl (C=O) groups excluding carboxylic acids is 2. The maximum atomic E-state index is 11.3. The summed E-state index contributed by atoms with van der Waals surface area (Å²) < 4.78 is 0. The van der Waals surface area contributed by atoms with Crippen LogP contribution in [0.25, 0.3) is 0 Å². The molecule has 1 aliphatic rings. The Morgan fingerprint density at radius 2 is 1.94 bits per heavy atom. The summed E-state index contributed by atoms with van der Waals surface area (Å²) in [6.07, 6.45) is 1.95. The van der Waals surface area contributed by atoms with Crippen molar-refractivity contribution in [3.05, 3.63) is 0 Å². The van der Waals surface area contributed by atoms with Crippen molar-refractivity contribution in [2.75, 3.05) is 20.1 Å². The number of carbonyl (C=O) groups is 3. The van der Waals surface area contributed by atoms with Gasteiger partial charge in [-0.2, -0.15) is 0 Å². The highest BCUT2D eigenvalue weighted by molar-refractivity contribution is 5.95. The Kier molecular flexibility index (Phi) is 5.57. The zero-order valence-corrected chi connectivity index (χ0v) is 10.4. The molecule has 18 heavy (non-hydrogen) atoms. The van der Waals surface area contributed by atoms with E-state index < -0.39 is 17.9 Å². The summed E-state index contributed by atoms with van der Waals surface area (Å²) in [5, 5.41) is 13.0. The second kappa shape index (κ2) is 6.95. The van der Waals surface area contributed by atoms with Crippen molar-refractivity contribution in [1.29, 1.82) is 0 Å². The van der Waals surface area contributed by atoms with E-state index in [0.717, 1.165) is 6.54 Å². The fourth-order valence-corrected chi connectivity index (χ4v) is 1.50. The minimum atomic E-state index is -1.06. The summed E-state index contributed by atoms with van der Waals surface area (Å²) in [5.41, 5.74) is 0. The Morgan fingerprint density at radius 1 is 1.28 bits per heavy atom. The summed E-state index contributed by atoms with van der Waals surface area (Å²) in [6, 6.07) is 0.0571. The molecule has 3 N–H and O–H groups in total. The third-order valence-electron chi connectivity index (χ3n) is 2.74. The lowest BCUT2D eigenvalue weighted by Crippen LogP contribution is -2.42. The predicted octanol–water partition coefficient (Wildman–Crippen LogP) is -0.229. The van der Waals surface area contributed by atoms with Crippen LogP contribution in [0.4, 0.5) is 4.79 Å². The molecule has 102 valence electrons. The van der Waals surface area contributed by atoms with Gasteiger partial charge in [-0.25, -0.2) is 4.79 Å². The van der Waals surface area contributed by atoms with Crippen molar-refractivity contribution in [3.8, 4) is 0 Å². The molecule has 0 radical (unpaired) electrons. The molecule has 0 bridgehead atoms. The first kappa shape index (κ1) is 14.4. The number of nitrogens with one attached hydrogen (secondary N) is 2. The van der Waals surface area contributed by atoms with Crippen molar-refractivity contribution >= 4 is 17.9 Å². The molecule has 3 amide bonds. The van der Waals surface area contributed by atoms with E-state index in [1.165, 1.54) is 12.8 Å². The second-order valence-corrected chi connectivity index (χ2v) is 4.41. The number of aliphatic carboxylic acids is 1. The number of nitrogens with zero attached hydrogens (tertiary/aromatic N) is 1. The van der Waals surface area contributed by atoms with Gasteiger partial charge in [0.2, 0.25) is 5.91 Å². The number of urea groups is 1. The van der Waals surface area contributed by atoms with Gasteiger partial charge in [0.15, 0.2) is 0 Å². The molecule has 1 saturated carbocycles. The van der Waals surface area contributed by atoms with Crippen LogP contribution in [0.5, 0.6) is 0 Å². The first-order chi connectivity index (χ1) is 8.49. The minimum Gasteiger partial charge on any atom is -0.481 e. The fraction of sp³-hybridized carbons (Fsp3) is 0.727. The zero-order chi connectivity index (χ0) is 13.5. The Balaban J connectivity index is 2.05. The Labute approximate surface area is 106 Å². The van der Waals surface area contributed by atoms with Crippen molar-refractivity contribution in [1.82, 2.24) is 15.5 Å². The number of rotatable bonds is 7. The highest BCUT2D eigenvalue weighted by Crippen LogP contribution is 2.24. The summed E-state index contributed by atoms with van der Waals surface area (Å²) in [7, 11) is 2.00. The summed E-state index contributed by atoms with van der Waals surface area (Å²) in [6.45, 7) is 1.20.